The first-order valence-electron chi connectivity index (χ1n) is 5.05. The topological polar surface area (TPSA) is 43.8 Å². The molecule has 1 saturated carbocycles. The molecule has 3 nitrogen and oxygen atoms in total. The first-order chi connectivity index (χ1) is 6.24. The van der Waals surface area contributed by atoms with Crippen molar-refractivity contribution in [1.82, 2.24) is 9.55 Å². The normalized spacial score (nSPS) is 16.5. The van der Waals surface area contributed by atoms with Crippen LogP contribution in [0.1, 0.15) is 43.6 Å². The van der Waals surface area contributed by atoms with Gasteiger partial charge in [-0.15, -0.1) is 0 Å². The van der Waals surface area contributed by atoms with Gasteiger partial charge in [0.25, 0.3) is 0 Å². The van der Waals surface area contributed by atoms with Crippen molar-refractivity contribution in [2.75, 3.05) is 5.73 Å². The van der Waals surface area contributed by atoms with Crippen LogP contribution >= 0.6 is 0 Å². The van der Waals surface area contributed by atoms with Gasteiger partial charge in [0.2, 0.25) is 0 Å². The molecule has 1 aliphatic carbocycles. The number of imidazole rings is 1. The van der Waals surface area contributed by atoms with Crippen LogP contribution in [0.3, 0.4) is 0 Å². The number of anilines is 1. The summed E-state index contributed by atoms with van der Waals surface area (Å²) < 4.78 is 2.04. The van der Waals surface area contributed by atoms with Gasteiger partial charge < -0.3 is 10.3 Å². The number of aryl methyl sites for hydroxylation is 1. The van der Waals surface area contributed by atoms with Gasteiger partial charge in [-0.25, -0.2) is 4.98 Å². The molecule has 0 saturated heterocycles. The highest BCUT2D eigenvalue weighted by molar-refractivity contribution is 5.42. The molecule has 0 aromatic carbocycles. The summed E-state index contributed by atoms with van der Waals surface area (Å²) in [6.07, 6.45) is 4.71. The van der Waals surface area contributed by atoms with E-state index in [0.717, 1.165) is 30.2 Å². The monoisotopic (exact) mass is 179 g/mol. The maximum Gasteiger partial charge on any atom is 0.126 e. The zero-order chi connectivity index (χ0) is 9.42. The zero-order valence-corrected chi connectivity index (χ0v) is 8.38. The highest BCUT2D eigenvalue weighted by Gasteiger charge is 2.29. The van der Waals surface area contributed by atoms with Crippen molar-refractivity contribution >= 4 is 5.82 Å². The van der Waals surface area contributed by atoms with Crippen LogP contribution in [0.25, 0.3) is 0 Å². The molecule has 2 rings (SSSR count). The summed E-state index contributed by atoms with van der Waals surface area (Å²) in [6, 6.07) is 0. The van der Waals surface area contributed by atoms with E-state index in [1.807, 2.05) is 11.6 Å². The number of rotatable bonds is 3. The minimum Gasteiger partial charge on any atom is -0.384 e. The second-order valence-electron chi connectivity index (χ2n) is 3.88. The van der Waals surface area contributed by atoms with Crippen LogP contribution in [0, 0.1) is 0 Å². The molecule has 13 heavy (non-hydrogen) atoms. The molecule has 1 aliphatic rings. The van der Waals surface area contributed by atoms with Crippen LogP contribution in [-0.2, 0) is 13.5 Å². The molecule has 1 fully saturated rings. The Kier molecular flexibility index (Phi) is 2.02. The zero-order valence-electron chi connectivity index (χ0n) is 8.38. The lowest BCUT2D eigenvalue weighted by atomic mass is 10.3. The number of nitrogens with two attached hydrogens (primary N) is 1. The predicted molar refractivity (Wildman–Crippen MR) is 53.6 cm³/mol. The van der Waals surface area contributed by atoms with Crippen molar-refractivity contribution in [1.29, 1.82) is 0 Å². The average Bonchev–Trinajstić information content (AvgIpc) is 2.89. The third-order valence-corrected chi connectivity index (χ3v) is 2.70. The Morgan fingerprint density at radius 1 is 1.54 bits per heavy atom. The molecule has 0 spiro atoms. The Labute approximate surface area is 79.0 Å². The molecule has 1 heterocycles. The minimum atomic E-state index is 0.664. The van der Waals surface area contributed by atoms with Crippen molar-refractivity contribution < 1.29 is 0 Å². The summed E-state index contributed by atoms with van der Waals surface area (Å²) in [5.41, 5.74) is 7.12. The molecule has 3 heteroatoms. The fourth-order valence-corrected chi connectivity index (χ4v) is 1.69. The van der Waals surface area contributed by atoms with E-state index in [0.29, 0.717) is 5.92 Å². The van der Waals surface area contributed by atoms with E-state index < -0.39 is 0 Å². The fraction of sp³-hybridized carbons (Fsp3) is 0.700. The van der Waals surface area contributed by atoms with Gasteiger partial charge in [-0.05, 0) is 19.3 Å². The van der Waals surface area contributed by atoms with E-state index in [4.69, 9.17) is 5.73 Å². The van der Waals surface area contributed by atoms with Gasteiger partial charge in [0, 0.05) is 19.4 Å². The maximum atomic E-state index is 5.98. The van der Waals surface area contributed by atoms with Crippen LogP contribution in [0.15, 0.2) is 0 Å². The highest BCUT2D eigenvalue weighted by atomic mass is 15.1. The largest absolute Gasteiger partial charge is 0.384 e. The van der Waals surface area contributed by atoms with Crippen LogP contribution in [0.2, 0.25) is 0 Å². The third kappa shape index (κ3) is 1.43. The van der Waals surface area contributed by atoms with Crippen molar-refractivity contribution in [2.24, 2.45) is 7.05 Å². The molecule has 1 aromatic heterocycles. The summed E-state index contributed by atoms with van der Waals surface area (Å²) >= 11 is 0. The lowest BCUT2D eigenvalue weighted by molar-refractivity contribution is 0.763. The summed E-state index contributed by atoms with van der Waals surface area (Å²) in [5, 5.41) is 0. The summed E-state index contributed by atoms with van der Waals surface area (Å²) in [5.74, 6) is 2.68. The quantitative estimate of drug-likeness (QED) is 0.769. The second-order valence-corrected chi connectivity index (χ2v) is 3.88. The fourth-order valence-electron chi connectivity index (χ4n) is 1.69. The molecule has 0 radical (unpaired) electrons. The molecule has 0 amide bonds. The maximum absolute atomic E-state index is 5.98. The first-order valence-corrected chi connectivity index (χ1v) is 5.05. The molecule has 0 aliphatic heterocycles. The number of nitrogens with zero attached hydrogens (tertiary/aromatic N) is 2. The predicted octanol–water partition coefficient (Wildman–Crippen LogP) is 1.83. The number of aromatic nitrogens is 2. The van der Waals surface area contributed by atoms with Crippen molar-refractivity contribution in [2.45, 2.75) is 38.5 Å². The van der Waals surface area contributed by atoms with E-state index in [-0.39, 0.29) is 0 Å². The molecule has 0 bridgehead atoms. The Morgan fingerprint density at radius 3 is 2.77 bits per heavy atom. The Balaban J connectivity index is 2.31. The van der Waals surface area contributed by atoms with Crippen molar-refractivity contribution in [3.63, 3.8) is 0 Å². The smallest absolute Gasteiger partial charge is 0.126 e. The van der Waals surface area contributed by atoms with Gasteiger partial charge in [0.1, 0.15) is 11.6 Å². The Morgan fingerprint density at radius 2 is 2.23 bits per heavy atom. The molecule has 0 unspecified atom stereocenters. The molecular weight excluding hydrogens is 162 g/mol. The molecule has 0 atom stereocenters. The Hall–Kier alpha value is -0.990. The Bertz CT molecular complexity index is 310. The van der Waals surface area contributed by atoms with Crippen LogP contribution in [0.4, 0.5) is 5.82 Å². The van der Waals surface area contributed by atoms with Crippen LogP contribution < -0.4 is 5.73 Å². The average molecular weight is 179 g/mol. The standard InChI is InChI=1S/C10H17N3/c1-3-4-8-12-9(7-5-6-7)10(11)13(8)2/h7H,3-6,11H2,1-2H3. The van der Waals surface area contributed by atoms with Gasteiger partial charge in [-0.1, -0.05) is 6.92 Å². The van der Waals surface area contributed by atoms with Crippen molar-refractivity contribution in [3.05, 3.63) is 11.5 Å². The van der Waals surface area contributed by atoms with Crippen LogP contribution in [-0.4, -0.2) is 9.55 Å². The van der Waals surface area contributed by atoms with Crippen molar-refractivity contribution in [3.8, 4) is 0 Å². The molecular formula is C10H17N3. The van der Waals surface area contributed by atoms with E-state index >= 15 is 0 Å². The van der Waals surface area contributed by atoms with Gasteiger partial charge in [0.05, 0.1) is 5.69 Å². The van der Waals surface area contributed by atoms with Gasteiger partial charge in [-0.3, -0.25) is 0 Å². The second kappa shape index (κ2) is 3.05. The molecule has 2 N–H and O–H groups in total. The highest BCUT2D eigenvalue weighted by Crippen LogP contribution is 2.42. The number of hydrogen-bond donors (Lipinski definition) is 1. The SMILES string of the molecule is CCCc1nc(C2CC2)c(N)n1C. The first kappa shape index (κ1) is 8.60. The minimum absolute atomic E-state index is 0.664. The lowest BCUT2D eigenvalue weighted by Gasteiger charge is -1.99. The van der Waals surface area contributed by atoms with E-state index in [1.165, 1.54) is 12.8 Å². The lowest BCUT2D eigenvalue weighted by Crippen LogP contribution is -2.01. The molecule has 72 valence electrons. The van der Waals surface area contributed by atoms with Gasteiger partial charge in [-0.2, -0.15) is 0 Å². The third-order valence-electron chi connectivity index (χ3n) is 2.70. The van der Waals surface area contributed by atoms with Gasteiger partial charge in [0.15, 0.2) is 0 Å². The summed E-state index contributed by atoms with van der Waals surface area (Å²) in [4.78, 5) is 4.60. The van der Waals surface area contributed by atoms with Gasteiger partial charge >= 0.3 is 0 Å². The number of hydrogen-bond acceptors (Lipinski definition) is 2. The van der Waals surface area contributed by atoms with E-state index in [1.54, 1.807) is 0 Å². The summed E-state index contributed by atoms with van der Waals surface area (Å²) in [6.45, 7) is 2.17. The summed E-state index contributed by atoms with van der Waals surface area (Å²) in [7, 11) is 2.01. The number of nitrogen functional groups attached to an aromatic ring is 1. The van der Waals surface area contributed by atoms with Crippen LogP contribution in [0.5, 0.6) is 0 Å². The van der Waals surface area contributed by atoms with E-state index in [9.17, 15) is 0 Å². The molecule has 1 aromatic rings. The van der Waals surface area contributed by atoms with E-state index in [2.05, 4.69) is 11.9 Å².